The van der Waals surface area contributed by atoms with Gasteiger partial charge >= 0.3 is 0 Å². The smallest absolute Gasteiger partial charge is 0.174 e. The maximum Gasteiger partial charge on any atom is 0.174 e. The van der Waals surface area contributed by atoms with Crippen molar-refractivity contribution in [2.24, 2.45) is 0 Å². The molecular formula is C15H19NO2S. The van der Waals surface area contributed by atoms with Gasteiger partial charge in [-0.15, -0.1) is 0 Å². The van der Waals surface area contributed by atoms with Crippen molar-refractivity contribution < 1.29 is 9.47 Å². The number of thioether (sulfide) groups is 1. The van der Waals surface area contributed by atoms with Gasteiger partial charge in [-0.2, -0.15) is 5.26 Å². The van der Waals surface area contributed by atoms with Crippen molar-refractivity contribution in [3.8, 4) is 17.6 Å². The minimum absolute atomic E-state index is 0.308. The normalized spacial score (nSPS) is 17.5. The summed E-state index contributed by atoms with van der Waals surface area (Å²) in [5, 5.41) is 9.55. The average molecular weight is 277 g/mol. The van der Waals surface area contributed by atoms with Crippen LogP contribution in [0.4, 0.5) is 0 Å². The molecule has 0 atom stereocenters. The molecular weight excluding hydrogens is 258 g/mol. The van der Waals surface area contributed by atoms with E-state index in [-0.39, 0.29) is 4.75 Å². The van der Waals surface area contributed by atoms with E-state index in [0.29, 0.717) is 0 Å². The Labute approximate surface area is 118 Å². The van der Waals surface area contributed by atoms with Crippen LogP contribution in [0.5, 0.6) is 11.5 Å². The Balaban J connectivity index is 2.29. The monoisotopic (exact) mass is 277 g/mol. The number of benzene rings is 1. The fourth-order valence-corrected chi connectivity index (χ4v) is 3.89. The second-order valence-electron chi connectivity index (χ2n) is 4.76. The number of ether oxygens (including phenoxy) is 2. The Morgan fingerprint density at radius 2 is 1.89 bits per heavy atom. The number of hydrogen-bond acceptors (Lipinski definition) is 4. The molecule has 1 aromatic carbocycles. The lowest BCUT2D eigenvalue weighted by atomic mass is 9.89. The fraction of sp³-hybridized carbons (Fsp3) is 0.533. The van der Waals surface area contributed by atoms with Gasteiger partial charge in [-0.05, 0) is 25.0 Å². The molecule has 0 bridgehead atoms. The van der Waals surface area contributed by atoms with E-state index in [2.05, 4.69) is 6.07 Å². The highest BCUT2D eigenvalue weighted by molar-refractivity contribution is 8.01. The maximum atomic E-state index is 9.55. The molecule has 19 heavy (non-hydrogen) atoms. The number of para-hydroxylation sites is 1. The highest BCUT2D eigenvalue weighted by Gasteiger charge is 2.34. The maximum absolute atomic E-state index is 9.55. The van der Waals surface area contributed by atoms with Crippen LogP contribution in [-0.4, -0.2) is 19.0 Å². The lowest BCUT2D eigenvalue weighted by Crippen LogP contribution is -2.25. The Hall–Kier alpha value is -1.34. The first kappa shape index (κ1) is 14.1. The molecule has 0 unspecified atom stereocenters. The Morgan fingerprint density at radius 1 is 1.16 bits per heavy atom. The molecule has 1 fully saturated rings. The predicted octanol–water partition coefficient (Wildman–Crippen LogP) is 4.02. The van der Waals surface area contributed by atoms with Gasteiger partial charge in [-0.25, -0.2) is 0 Å². The summed E-state index contributed by atoms with van der Waals surface area (Å²) < 4.78 is 10.4. The zero-order chi connectivity index (χ0) is 13.7. The van der Waals surface area contributed by atoms with E-state index >= 15 is 0 Å². The Bertz CT molecular complexity index is 476. The predicted molar refractivity (Wildman–Crippen MR) is 76.8 cm³/mol. The third kappa shape index (κ3) is 2.98. The molecule has 102 valence electrons. The van der Waals surface area contributed by atoms with E-state index in [1.807, 2.05) is 18.2 Å². The molecule has 0 aliphatic heterocycles. The number of hydrogen-bond donors (Lipinski definition) is 0. The number of rotatable bonds is 4. The van der Waals surface area contributed by atoms with Crippen LogP contribution in [-0.2, 0) is 0 Å². The van der Waals surface area contributed by atoms with E-state index in [9.17, 15) is 5.26 Å². The number of nitriles is 1. The minimum atomic E-state index is -0.308. The molecule has 0 amide bonds. The first-order chi connectivity index (χ1) is 9.24. The van der Waals surface area contributed by atoms with E-state index in [0.717, 1.165) is 42.1 Å². The largest absolute Gasteiger partial charge is 0.493 e. The van der Waals surface area contributed by atoms with Crippen LogP contribution in [0.3, 0.4) is 0 Å². The molecule has 1 aliphatic carbocycles. The van der Waals surface area contributed by atoms with Gasteiger partial charge in [-0.3, -0.25) is 0 Å². The van der Waals surface area contributed by atoms with Crippen LogP contribution in [0, 0.1) is 11.3 Å². The van der Waals surface area contributed by atoms with Crippen LogP contribution >= 0.6 is 11.8 Å². The summed E-state index contributed by atoms with van der Waals surface area (Å²) in [5.74, 6) is 1.45. The Kier molecular flexibility index (Phi) is 4.60. The van der Waals surface area contributed by atoms with Crippen molar-refractivity contribution in [1.82, 2.24) is 0 Å². The van der Waals surface area contributed by atoms with Crippen LogP contribution in [0.25, 0.3) is 0 Å². The van der Waals surface area contributed by atoms with Crippen molar-refractivity contribution >= 4 is 11.8 Å². The third-order valence-corrected chi connectivity index (χ3v) is 4.97. The molecule has 1 saturated carbocycles. The van der Waals surface area contributed by atoms with Crippen LogP contribution in [0.2, 0.25) is 0 Å². The van der Waals surface area contributed by atoms with Gasteiger partial charge in [0.2, 0.25) is 0 Å². The van der Waals surface area contributed by atoms with E-state index < -0.39 is 0 Å². The summed E-state index contributed by atoms with van der Waals surface area (Å²) in [6, 6.07) is 8.34. The highest BCUT2D eigenvalue weighted by atomic mass is 32.2. The Morgan fingerprint density at radius 3 is 2.47 bits per heavy atom. The van der Waals surface area contributed by atoms with E-state index in [1.165, 1.54) is 6.42 Å². The summed E-state index contributed by atoms with van der Waals surface area (Å²) in [4.78, 5) is 0.991. The molecule has 1 aliphatic rings. The lowest BCUT2D eigenvalue weighted by Gasteiger charge is -2.30. The van der Waals surface area contributed by atoms with Gasteiger partial charge in [-0.1, -0.05) is 37.1 Å². The summed E-state index contributed by atoms with van der Waals surface area (Å²) in [7, 11) is 3.27. The van der Waals surface area contributed by atoms with Gasteiger partial charge in [0.15, 0.2) is 11.5 Å². The van der Waals surface area contributed by atoms with Crippen LogP contribution < -0.4 is 9.47 Å². The minimum Gasteiger partial charge on any atom is -0.493 e. The molecule has 0 aromatic heterocycles. The van der Waals surface area contributed by atoms with Crippen LogP contribution in [0.1, 0.15) is 32.1 Å². The first-order valence-corrected chi connectivity index (χ1v) is 7.37. The summed E-state index contributed by atoms with van der Waals surface area (Å²) in [5.41, 5.74) is 0. The van der Waals surface area contributed by atoms with Crippen molar-refractivity contribution in [3.05, 3.63) is 18.2 Å². The number of methoxy groups -OCH3 is 2. The van der Waals surface area contributed by atoms with E-state index in [4.69, 9.17) is 9.47 Å². The van der Waals surface area contributed by atoms with Gasteiger partial charge in [0.05, 0.1) is 25.2 Å². The fourth-order valence-electron chi connectivity index (χ4n) is 2.51. The molecule has 1 aromatic rings. The second-order valence-corrected chi connectivity index (χ2v) is 6.19. The molecule has 0 radical (unpaired) electrons. The standard InChI is InChI=1S/C15H19NO2S/c1-17-12-7-6-8-13(14(12)18-2)19-15(11-16)9-4-3-5-10-15/h6-8H,3-5,9-10H2,1-2H3. The summed E-state index contributed by atoms with van der Waals surface area (Å²) >= 11 is 1.63. The third-order valence-electron chi connectivity index (χ3n) is 3.54. The molecule has 0 spiro atoms. The van der Waals surface area contributed by atoms with Gasteiger partial charge in [0.25, 0.3) is 0 Å². The quantitative estimate of drug-likeness (QED) is 0.833. The molecule has 3 nitrogen and oxygen atoms in total. The first-order valence-electron chi connectivity index (χ1n) is 6.56. The second kappa shape index (κ2) is 6.21. The van der Waals surface area contributed by atoms with Crippen LogP contribution in [0.15, 0.2) is 23.1 Å². The summed E-state index contributed by atoms with van der Waals surface area (Å²) in [6.07, 6.45) is 5.40. The molecule has 0 heterocycles. The van der Waals surface area contributed by atoms with Gasteiger partial charge < -0.3 is 9.47 Å². The van der Waals surface area contributed by atoms with Crippen molar-refractivity contribution in [2.75, 3.05) is 14.2 Å². The van der Waals surface area contributed by atoms with Crippen molar-refractivity contribution in [1.29, 1.82) is 5.26 Å². The van der Waals surface area contributed by atoms with Crippen molar-refractivity contribution in [2.45, 2.75) is 41.7 Å². The van der Waals surface area contributed by atoms with Crippen molar-refractivity contribution in [3.63, 3.8) is 0 Å². The molecule has 2 rings (SSSR count). The average Bonchev–Trinajstić information content (AvgIpc) is 2.48. The lowest BCUT2D eigenvalue weighted by molar-refractivity contribution is 0.347. The molecule has 0 N–H and O–H groups in total. The van der Waals surface area contributed by atoms with E-state index in [1.54, 1.807) is 26.0 Å². The zero-order valence-corrected chi connectivity index (χ0v) is 12.3. The van der Waals surface area contributed by atoms with Gasteiger partial charge in [0.1, 0.15) is 4.75 Å². The SMILES string of the molecule is COc1cccc(SC2(C#N)CCCCC2)c1OC. The summed E-state index contributed by atoms with van der Waals surface area (Å²) in [6.45, 7) is 0. The zero-order valence-electron chi connectivity index (χ0n) is 11.4. The van der Waals surface area contributed by atoms with Gasteiger partial charge in [0, 0.05) is 0 Å². The molecule has 0 saturated heterocycles. The molecule has 4 heteroatoms. The number of nitrogens with zero attached hydrogens (tertiary/aromatic N) is 1. The highest BCUT2D eigenvalue weighted by Crippen LogP contribution is 2.48. The topological polar surface area (TPSA) is 42.2 Å².